The number of ether oxygens (including phenoxy) is 1. The van der Waals surface area contributed by atoms with Crippen LogP contribution in [0.5, 0.6) is 0 Å². The molecular formula is C55H66B2BrLiO6. The summed E-state index contributed by atoms with van der Waals surface area (Å²) in [5, 5.41) is 5.22. The Morgan fingerprint density at radius 3 is 1.35 bits per heavy atom. The molecule has 0 atom stereocenters. The van der Waals surface area contributed by atoms with E-state index < -0.39 is 7.32 Å². The molecule has 6 aromatic rings. The molecule has 0 N–H and O–H groups in total. The third-order valence-electron chi connectivity index (χ3n) is 13.4. The number of benzene rings is 6. The van der Waals surface area contributed by atoms with Crippen LogP contribution in [0.4, 0.5) is 0 Å². The first-order chi connectivity index (χ1) is 30.4. The van der Waals surface area contributed by atoms with Crippen molar-refractivity contribution in [1.29, 1.82) is 0 Å². The Bertz CT molecular complexity index is 2490. The molecule has 6 aromatic carbocycles. The number of fused-ring (bicyclic) bond motifs is 6. The summed E-state index contributed by atoms with van der Waals surface area (Å²) in [5.41, 5.74) is 10.5. The first-order valence-corrected chi connectivity index (χ1v) is 23.9. The van der Waals surface area contributed by atoms with Crippen molar-refractivity contribution in [2.45, 2.75) is 130 Å². The van der Waals surface area contributed by atoms with Gasteiger partial charge in [-0.05, 0) is 160 Å². The van der Waals surface area contributed by atoms with Gasteiger partial charge in [-0.15, -0.1) is 0 Å². The van der Waals surface area contributed by atoms with Crippen molar-refractivity contribution in [1.82, 2.24) is 0 Å². The van der Waals surface area contributed by atoms with Gasteiger partial charge in [0.05, 0.1) is 22.4 Å². The molecule has 5 aliphatic rings. The van der Waals surface area contributed by atoms with E-state index in [4.69, 9.17) is 28.0 Å². The maximum Gasteiger partial charge on any atom is 1.00 e. The van der Waals surface area contributed by atoms with Gasteiger partial charge in [0, 0.05) is 23.8 Å². The van der Waals surface area contributed by atoms with Crippen LogP contribution in [-0.4, -0.2) is 56.2 Å². The molecule has 0 spiro atoms. The molecule has 3 saturated heterocycles. The Morgan fingerprint density at radius 1 is 0.554 bits per heavy atom. The molecule has 0 radical (unpaired) electrons. The van der Waals surface area contributed by atoms with Crippen LogP contribution in [-0.2, 0) is 28.0 Å². The minimum absolute atomic E-state index is 0. The molecule has 3 heterocycles. The van der Waals surface area contributed by atoms with Crippen molar-refractivity contribution in [2.24, 2.45) is 0 Å². The largest absolute Gasteiger partial charge is 1.00 e. The maximum atomic E-state index is 6.31. The SMILES string of the molecule is Brc1ccc2c3c(cccc13)-c1ccccc1-2.C1CCOC1.CC(C)OB1OC(C)(C)C(C)(C)O1.CC1(C)OB(c2ccc3c4c(cccc24)-c2ccccc2-3)OC1(C)C.[CH2-]CCC.[Li+]. The number of halogens is 1. The molecule has 0 amide bonds. The molecule has 2 aliphatic carbocycles. The molecule has 6 nitrogen and oxygen atoms in total. The molecule has 65 heavy (non-hydrogen) atoms. The van der Waals surface area contributed by atoms with Gasteiger partial charge in [0.25, 0.3) is 0 Å². The average molecular weight is 932 g/mol. The minimum atomic E-state index is -0.523. The van der Waals surface area contributed by atoms with Gasteiger partial charge in [-0.1, -0.05) is 132 Å². The Labute approximate surface area is 410 Å². The summed E-state index contributed by atoms with van der Waals surface area (Å²) in [4.78, 5) is 0. The van der Waals surface area contributed by atoms with Crippen LogP contribution in [0.2, 0.25) is 0 Å². The molecule has 0 saturated carbocycles. The molecule has 0 bridgehead atoms. The molecule has 3 fully saturated rings. The van der Waals surface area contributed by atoms with E-state index >= 15 is 0 Å². The Morgan fingerprint density at radius 2 is 0.938 bits per heavy atom. The number of hydrogen-bond acceptors (Lipinski definition) is 6. The molecule has 3 aliphatic heterocycles. The summed E-state index contributed by atoms with van der Waals surface area (Å²) >= 11 is 3.64. The molecule has 0 unspecified atom stereocenters. The van der Waals surface area contributed by atoms with Crippen molar-refractivity contribution in [3.8, 4) is 44.5 Å². The second kappa shape index (κ2) is 21.0. The van der Waals surface area contributed by atoms with E-state index in [9.17, 15) is 0 Å². The zero-order valence-electron chi connectivity index (χ0n) is 40.9. The normalized spacial score (nSPS) is 18.0. The van der Waals surface area contributed by atoms with E-state index in [2.05, 4.69) is 167 Å². The second-order valence-electron chi connectivity index (χ2n) is 19.3. The van der Waals surface area contributed by atoms with Crippen LogP contribution < -0.4 is 24.3 Å². The van der Waals surface area contributed by atoms with Crippen LogP contribution in [0, 0.1) is 6.92 Å². The topological polar surface area (TPSA) is 55.4 Å². The predicted molar refractivity (Wildman–Crippen MR) is 273 cm³/mol. The van der Waals surface area contributed by atoms with Gasteiger partial charge in [0.2, 0.25) is 0 Å². The van der Waals surface area contributed by atoms with Gasteiger partial charge in [0.15, 0.2) is 0 Å². The molecule has 10 heteroatoms. The summed E-state index contributed by atoms with van der Waals surface area (Å²) in [7, 11) is -0.858. The summed E-state index contributed by atoms with van der Waals surface area (Å²) in [6.45, 7) is 28.1. The van der Waals surface area contributed by atoms with Crippen molar-refractivity contribution in [3.05, 3.63) is 121 Å². The van der Waals surface area contributed by atoms with Gasteiger partial charge in [-0.2, -0.15) is 6.42 Å². The van der Waals surface area contributed by atoms with Crippen molar-refractivity contribution >= 4 is 57.4 Å². The Balaban J connectivity index is 0.000000152. The quantitative estimate of drug-likeness (QED) is 0.129. The van der Waals surface area contributed by atoms with Gasteiger partial charge in [0.1, 0.15) is 0 Å². The molecule has 11 rings (SSSR count). The van der Waals surface area contributed by atoms with E-state index in [0.717, 1.165) is 25.1 Å². The fourth-order valence-corrected chi connectivity index (χ4v) is 8.82. The Hall–Kier alpha value is -3.19. The van der Waals surface area contributed by atoms with Crippen LogP contribution in [0.1, 0.15) is 102 Å². The predicted octanol–water partition coefficient (Wildman–Crippen LogP) is 11.5. The van der Waals surface area contributed by atoms with E-state index in [-0.39, 0.29) is 54.5 Å². The fraction of sp³-hybridized carbons (Fsp3) is 0.400. The third-order valence-corrected chi connectivity index (χ3v) is 14.1. The summed E-state index contributed by atoms with van der Waals surface area (Å²) in [6.07, 6.45) is 4.95. The Kier molecular flexibility index (Phi) is 16.5. The standard InChI is InChI=1S/C22H21BO2.C16H9Br.C9H19BO3.C4H8O.C4H9.Li/c1-21(2)22(3,4)25-23(24-21)19-13-12-17-15-9-6-5-8-14(15)16-10-7-11-18(19)20(16)17;17-15-9-8-13-11-5-2-1-4-10(11)12-6-3-7-14(15)16(12)13;1-7(2)11-10-12-8(3,4)9(5,6)13-10;1-2-4-5-3-1;1-3-4-2;/h5-13H,1-4H3;1-9H;7H,1-6H3;1-4H2;1,3-4H2,2H3;/q;;;;-1;+1. The number of rotatable bonds is 4. The summed E-state index contributed by atoms with van der Waals surface area (Å²) in [5.74, 6) is 0. The fourth-order valence-electron chi connectivity index (χ4n) is 8.36. The van der Waals surface area contributed by atoms with Crippen LogP contribution in [0.15, 0.2) is 114 Å². The molecule has 0 aromatic heterocycles. The first kappa shape index (κ1) is 51.2. The van der Waals surface area contributed by atoms with E-state index in [1.807, 2.05) is 41.5 Å². The van der Waals surface area contributed by atoms with Crippen molar-refractivity contribution in [2.75, 3.05) is 13.2 Å². The van der Waals surface area contributed by atoms with Crippen LogP contribution >= 0.6 is 15.9 Å². The van der Waals surface area contributed by atoms with Crippen molar-refractivity contribution in [3.63, 3.8) is 0 Å². The van der Waals surface area contributed by atoms with Gasteiger partial charge < -0.3 is 34.9 Å². The summed E-state index contributed by atoms with van der Waals surface area (Å²) < 4.78 is 35.4. The van der Waals surface area contributed by atoms with Crippen LogP contribution in [0.3, 0.4) is 0 Å². The first-order valence-electron chi connectivity index (χ1n) is 23.1. The van der Waals surface area contributed by atoms with Gasteiger partial charge in [-0.25, -0.2) is 0 Å². The monoisotopic (exact) mass is 930 g/mol. The summed E-state index contributed by atoms with van der Waals surface area (Å²) in [6, 6.07) is 39.1. The maximum absolute atomic E-state index is 6.31. The average Bonchev–Trinajstić information content (AvgIpc) is 4.08. The zero-order chi connectivity index (χ0) is 46.0. The zero-order valence-corrected chi connectivity index (χ0v) is 42.5. The van der Waals surface area contributed by atoms with Crippen molar-refractivity contribution < 1.29 is 46.9 Å². The number of hydrogen-bond donors (Lipinski definition) is 0. The number of unbranched alkanes of at least 4 members (excludes halogenated alkanes) is 1. The van der Waals surface area contributed by atoms with E-state index in [0.29, 0.717) is 0 Å². The van der Waals surface area contributed by atoms with E-state index in [1.54, 1.807) is 0 Å². The van der Waals surface area contributed by atoms with Gasteiger partial charge in [-0.3, -0.25) is 0 Å². The molecule has 336 valence electrons. The third kappa shape index (κ3) is 10.6. The smallest absolute Gasteiger partial charge is 0.399 e. The van der Waals surface area contributed by atoms with E-state index in [1.165, 1.54) is 89.8 Å². The second-order valence-corrected chi connectivity index (χ2v) is 20.2. The van der Waals surface area contributed by atoms with Gasteiger partial charge >= 0.3 is 33.3 Å². The minimum Gasteiger partial charge on any atom is -0.399 e. The van der Waals surface area contributed by atoms with Crippen LogP contribution in [0.25, 0.3) is 66.1 Å². The molecular weight excluding hydrogens is 865 g/mol.